The average molecular weight is 708 g/mol. The highest BCUT2D eigenvalue weighted by Crippen LogP contribution is 2.43. The van der Waals surface area contributed by atoms with Crippen molar-refractivity contribution in [3.05, 3.63) is 94.2 Å². The molecule has 1 aliphatic carbocycles. The van der Waals surface area contributed by atoms with Crippen LogP contribution >= 0.6 is 33.2 Å². The van der Waals surface area contributed by atoms with Crippen molar-refractivity contribution in [3.63, 3.8) is 0 Å². The van der Waals surface area contributed by atoms with Crippen LogP contribution in [-0.2, 0) is 7.05 Å². The van der Waals surface area contributed by atoms with E-state index < -0.39 is 39.1 Å². The largest absolute Gasteiger partial charge is 0.338 e. The van der Waals surface area contributed by atoms with Gasteiger partial charge in [-0.2, -0.15) is 10.6 Å². The summed E-state index contributed by atoms with van der Waals surface area (Å²) < 4.78 is 39.2. The molecule has 2 aliphatic rings. The Morgan fingerprint density at radius 2 is 1.83 bits per heavy atom. The fourth-order valence-corrected chi connectivity index (χ4v) is 7.17. The van der Waals surface area contributed by atoms with Crippen LogP contribution in [0.4, 0.5) is 15.9 Å². The van der Waals surface area contributed by atoms with Gasteiger partial charge in [-0.05, 0) is 78.8 Å². The molecule has 4 aromatic rings. The monoisotopic (exact) mass is 707 g/mol. The number of anilines is 2. The number of benzene rings is 2. The standard InChI is InChI=1S/C28H27FIN5O6S/c1-15-23-22(24(32(2)25(15)36)31-21-9-6-17(30)13-20(21)29)27(38)35(18-7-8-18)28(39)34(23)19-5-3-4-16(12-19)26(37)33-10-11-42(40,41)14-33/h3-6,9,12-13,18,31,40-41H,7-8,10-11,14H2,1-2H3. The van der Waals surface area contributed by atoms with Crippen LogP contribution in [-0.4, -0.2) is 51.8 Å². The SMILES string of the molecule is Cc1c(=O)n(C)c(Nc2ccc(I)cc2F)c2c(=O)n(C3CC3)c(=O)n(-c3cccc(C(=O)N4CCS(O)(O)C4)c3)c12. The Bertz CT molecular complexity index is 1980. The van der Waals surface area contributed by atoms with E-state index in [1.165, 1.54) is 46.2 Å². The molecule has 6 rings (SSSR count). The van der Waals surface area contributed by atoms with Gasteiger partial charge in [0.2, 0.25) is 0 Å². The minimum absolute atomic E-state index is 0.0309. The predicted molar refractivity (Wildman–Crippen MR) is 168 cm³/mol. The Labute approximate surface area is 253 Å². The Hall–Kier alpha value is -3.47. The Balaban J connectivity index is 1.62. The molecule has 2 aromatic carbocycles. The Morgan fingerprint density at radius 1 is 1.10 bits per heavy atom. The molecule has 0 bridgehead atoms. The van der Waals surface area contributed by atoms with Crippen molar-refractivity contribution in [3.8, 4) is 5.69 Å². The molecule has 0 radical (unpaired) electrons. The van der Waals surface area contributed by atoms with Crippen LogP contribution in [0.25, 0.3) is 16.6 Å². The zero-order chi connectivity index (χ0) is 30.1. The lowest BCUT2D eigenvalue weighted by molar-refractivity contribution is 0.0800. The van der Waals surface area contributed by atoms with Crippen LogP contribution in [0.3, 0.4) is 0 Å². The molecule has 0 atom stereocenters. The lowest BCUT2D eigenvalue weighted by Crippen LogP contribution is -2.41. The summed E-state index contributed by atoms with van der Waals surface area (Å²) in [6, 6.07) is 10.4. The fourth-order valence-electron chi connectivity index (χ4n) is 5.33. The van der Waals surface area contributed by atoms with Crippen molar-refractivity contribution < 1.29 is 18.3 Å². The van der Waals surface area contributed by atoms with Gasteiger partial charge in [0.15, 0.2) is 0 Å². The summed E-state index contributed by atoms with van der Waals surface area (Å²) in [5.41, 5.74) is -1.07. The normalized spacial score (nSPS) is 17.0. The molecule has 1 aliphatic heterocycles. The molecule has 14 heteroatoms. The second kappa shape index (κ2) is 10.4. The van der Waals surface area contributed by atoms with Crippen molar-refractivity contribution >= 4 is 61.5 Å². The maximum atomic E-state index is 14.9. The number of aromatic nitrogens is 3. The smallest absolute Gasteiger partial charge is 0.336 e. The number of pyridine rings is 1. The molecule has 0 spiro atoms. The minimum atomic E-state index is -2.87. The predicted octanol–water partition coefficient (Wildman–Crippen LogP) is 4.15. The topological polar surface area (TPSA) is 139 Å². The number of nitrogens with one attached hydrogen (secondary N) is 1. The highest BCUT2D eigenvalue weighted by molar-refractivity contribution is 14.1. The number of nitrogens with zero attached hydrogens (tertiary/aromatic N) is 4. The third kappa shape index (κ3) is 4.85. The summed E-state index contributed by atoms with van der Waals surface area (Å²) >= 11 is 1.98. The number of rotatable bonds is 5. The number of hydrogen-bond acceptors (Lipinski definition) is 7. The van der Waals surface area contributed by atoms with E-state index >= 15 is 0 Å². The summed E-state index contributed by atoms with van der Waals surface area (Å²) in [5.74, 6) is -1.07. The van der Waals surface area contributed by atoms with Gasteiger partial charge in [-0.1, -0.05) is 6.07 Å². The minimum Gasteiger partial charge on any atom is -0.338 e. The Kier molecular flexibility index (Phi) is 7.06. The van der Waals surface area contributed by atoms with Gasteiger partial charge >= 0.3 is 5.69 Å². The van der Waals surface area contributed by atoms with Crippen LogP contribution in [0.5, 0.6) is 0 Å². The van der Waals surface area contributed by atoms with E-state index in [1.54, 1.807) is 24.3 Å². The zero-order valence-electron chi connectivity index (χ0n) is 22.6. The third-order valence-corrected chi connectivity index (χ3v) is 9.86. The van der Waals surface area contributed by atoms with Crippen molar-refractivity contribution in [2.24, 2.45) is 7.05 Å². The van der Waals surface area contributed by atoms with Gasteiger partial charge in [0.05, 0.1) is 22.6 Å². The van der Waals surface area contributed by atoms with E-state index in [-0.39, 0.29) is 63.4 Å². The maximum Gasteiger partial charge on any atom is 0.336 e. The van der Waals surface area contributed by atoms with Gasteiger partial charge in [-0.3, -0.25) is 37.2 Å². The Morgan fingerprint density at radius 3 is 2.48 bits per heavy atom. The highest BCUT2D eigenvalue weighted by Gasteiger charge is 2.33. The number of fused-ring (bicyclic) bond motifs is 1. The zero-order valence-corrected chi connectivity index (χ0v) is 25.6. The molecular weight excluding hydrogens is 680 g/mol. The lowest BCUT2D eigenvalue weighted by Gasteiger charge is -2.26. The summed E-state index contributed by atoms with van der Waals surface area (Å²) in [4.78, 5) is 56.1. The summed E-state index contributed by atoms with van der Waals surface area (Å²) in [5, 5.41) is 2.96. The second-order valence-corrected chi connectivity index (χ2v) is 14.1. The molecule has 2 fully saturated rings. The molecule has 2 aromatic heterocycles. The first-order valence-corrected chi connectivity index (χ1v) is 16.1. The highest BCUT2D eigenvalue weighted by atomic mass is 127. The quantitative estimate of drug-likeness (QED) is 0.265. The van der Waals surface area contributed by atoms with Gasteiger partial charge in [0, 0.05) is 34.3 Å². The number of aryl methyl sites for hydroxylation is 1. The van der Waals surface area contributed by atoms with E-state index in [9.17, 15) is 32.7 Å². The fraction of sp³-hybridized carbons (Fsp3) is 0.286. The van der Waals surface area contributed by atoms with E-state index in [1.807, 2.05) is 22.6 Å². The number of halogens is 2. The molecule has 11 nitrogen and oxygen atoms in total. The van der Waals surface area contributed by atoms with Gasteiger partial charge in [0.25, 0.3) is 17.0 Å². The van der Waals surface area contributed by atoms with Crippen LogP contribution in [0.2, 0.25) is 0 Å². The maximum absolute atomic E-state index is 14.9. The molecule has 0 unspecified atom stereocenters. The first-order valence-electron chi connectivity index (χ1n) is 13.1. The van der Waals surface area contributed by atoms with Crippen LogP contribution in [0.15, 0.2) is 56.8 Å². The molecule has 220 valence electrons. The van der Waals surface area contributed by atoms with Gasteiger partial charge < -0.3 is 10.2 Å². The van der Waals surface area contributed by atoms with Gasteiger partial charge in [0.1, 0.15) is 22.9 Å². The molecule has 3 heterocycles. The molecule has 3 N–H and O–H groups in total. The van der Waals surface area contributed by atoms with E-state index in [4.69, 9.17) is 0 Å². The van der Waals surface area contributed by atoms with E-state index in [0.29, 0.717) is 16.4 Å². The molecular formula is C28H27FIN5O6S. The van der Waals surface area contributed by atoms with Crippen molar-refractivity contribution in [1.82, 2.24) is 18.6 Å². The van der Waals surface area contributed by atoms with Crippen LogP contribution < -0.4 is 22.1 Å². The van der Waals surface area contributed by atoms with Crippen molar-refractivity contribution in [1.29, 1.82) is 0 Å². The summed E-state index contributed by atoms with van der Waals surface area (Å²) in [6.07, 6.45) is 1.25. The summed E-state index contributed by atoms with van der Waals surface area (Å²) in [6.45, 7) is 1.70. The number of hydrogen-bond donors (Lipinski definition) is 3. The number of amides is 1. The molecule has 42 heavy (non-hydrogen) atoms. The molecule has 1 amide bonds. The van der Waals surface area contributed by atoms with E-state index in [2.05, 4.69) is 5.32 Å². The molecule has 1 saturated heterocycles. The first-order chi connectivity index (χ1) is 19.9. The lowest BCUT2D eigenvalue weighted by atomic mass is 10.1. The second-order valence-electron chi connectivity index (χ2n) is 10.6. The average Bonchev–Trinajstić information content (AvgIpc) is 3.71. The number of carbonyl (C=O) groups excluding carboxylic acids is 1. The summed E-state index contributed by atoms with van der Waals surface area (Å²) in [7, 11) is -1.40. The van der Waals surface area contributed by atoms with Crippen LogP contribution in [0, 0.1) is 16.3 Å². The first kappa shape index (κ1) is 28.6. The third-order valence-electron chi connectivity index (χ3n) is 7.63. The van der Waals surface area contributed by atoms with Crippen molar-refractivity contribution in [2.45, 2.75) is 25.8 Å². The number of carbonyl (C=O) groups is 1. The van der Waals surface area contributed by atoms with Crippen LogP contribution in [0.1, 0.15) is 34.8 Å². The van der Waals surface area contributed by atoms with Gasteiger partial charge in [-0.25, -0.2) is 9.18 Å². The van der Waals surface area contributed by atoms with Gasteiger partial charge in [-0.15, -0.1) is 0 Å². The van der Waals surface area contributed by atoms with Crippen molar-refractivity contribution in [2.75, 3.05) is 23.5 Å². The molecule has 1 saturated carbocycles. The van der Waals surface area contributed by atoms with E-state index in [0.717, 1.165) is 4.57 Å².